The van der Waals surface area contributed by atoms with Gasteiger partial charge in [-0.25, -0.2) is 0 Å². The van der Waals surface area contributed by atoms with Crippen molar-refractivity contribution < 1.29 is 0 Å². The van der Waals surface area contributed by atoms with Gasteiger partial charge in [0.15, 0.2) is 0 Å². The summed E-state index contributed by atoms with van der Waals surface area (Å²) < 4.78 is 0. The van der Waals surface area contributed by atoms with Crippen LogP contribution in [-0.2, 0) is 0 Å². The van der Waals surface area contributed by atoms with E-state index < -0.39 is 0 Å². The van der Waals surface area contributed by atoms with E-state index in [1.54, 1.807) is 0 Å². The van der Waals surface area contributed by atoms with Gasteiger partial charge in [-0.05, 0) is 56.6 Å². The normalized spacial score (nSPS) is 20.2. The Morgan fingerprint density at radius 3 is 1.81 bits per heavy atom. The number of anilines is 2. The van der Waals surface area contributed by atoms with E-state index in [9.17, 15) is 0 Å². The van der Waals surface area contributed by atoms with Gasteiger partial charge in [0.2, 0.25) is 0 Å². The minimum Gasteiger partial charge on any atom is -0.372 e. The van der Waals surface area contributed by atoms with E-state index >= 15 is 0 Å². The molecule has 0 amide bonds. The number of piperazine rings is 1. The van der Waals surface area contributed by atoms with E-state index in [4.69, 9.17) is 5.73 Å². The molecule has 2 heterocycles. The molecule has 0 aromatic heterocycles. The van der Waals surface area contributed by atoms with Crippen molar-refractivity contribution >= 4 is 11.4 Å². The topological polar surface area (TPSA) is 35.7 Å². The Labute approximate surface area is 128 Å². The highest BCUT2D eigenvalue weighted by Gasteiger charge is 2.17. The van der Waals surface area contributed by atoms with Gasteiger partial charge < -0.3 is 15.5 Å². The number of nitrogens with two attached hydrogens (primary N) is 1. The zero-order valence-electron chi connectivity index (χ0n) is 13.0. The highest BCUT2D eigenvalue weighted by atomic mass is 15.3. The zero-order chi connectivity index (χ0) is 14.5. The number of hydrogen-bond acceptors (Lipinski definition) is 4. The molecule has 2 aliphatic heterocycles. The second kappa shape index (κ2) is 7.14. The Balaban J connectivity index is 1.53. The molecule has 1 aromatic rings. The van der Waals surface area contributed by atoms with Crippen LogP contribution in [0.2, 0.25) is 0 Å². The Morgan fingerprint density at radius 1 is 0.762 bits per heavy atom. The van der Waals surface area contributed by atoms with Crippen LogP contribution >= 0.6 is 0 Å². The van der Waals surface area contributed by atoms with Crippen LogP contribution in [0.25, 0.3) is 0 Å². The third-order valence-electron chi connectivity index (χ3n) is 4.74. The van der Waals surface area contributed by atoms with Gasteiger partial charge in [-0.1, -0.05) is 0 Å². The number of benzene rings is 1. The molecular formula is C17H28N4. The van der Waals surface area contributed by atoms with Gasteiger partial charge in [0.25, 0.3) is 0 Å². The van der Waals surface area contributed by atoms with Crippen molar-refractivity contribution in [3.8, 4) is 0 Å². The fourth-order valence-electron chi connectivity index (χ4n) is 3.39. The van der Waals surface area contributed by atoms with Crippen LogP contribution in [0.5, 0.6) is 0 Å². The van der Waals surface area contributed by atoms with Gasteiger partial charge in [0.1, 0.15) is 0 Å². The molecular weight excluding hydrogens is 260 g/mol. The van der Waals surface area contributed by atoms with Crippen LogP contribution in [0.4, 0.5) is 11.4 Å². The molecule has 116 valence electrons. The second-order valence-electron chi connectivity index (χ2n) is 6.18. The lowest BCUT2D eigenvalue weighted by molar-refractivity contribution is 0.256. The van der Waals surface area contributed by atoms with Gasteiger partial charge in [-0.15, -0.1) is 0 Å². The largest absolute Gasteiger partial charge is 0.372 e. The van der Waals surface area contributed by atoms with Gasteiger partial charge >= 0.3 is 0 Å². The van der Waals surface area contributed by atoms with E-state index in [0.29, 0.717) is 0 Å². The van der Waals surface area contributed by atoms with Crippen LogP contribution in [0.1, 0.15) is 19.3 Å². The molecule has 3 rings (SSSR count). The van der Waals surface area contributed by atoms with Crippen LogP contribution in [0.3, 0.4) is 0 Å². The molecule has 2 saturated heterocycles. The average Bonchev–Trinajstić information content (AvgIpc) is 3.08. The van der Waals surface area contributed by atoms with Crippen molar-refractivity contribution in [3.63, 3.8) is 0 Å². The molecule has 4 heteroatoms. The molecule has 0 radical (unpaired) electrons. The maximum absolute atomic E-state index is 5.59. The van der Waals surface area contributed by atoms with Crippen LogP contribution in [0.15, 0.2) is 24.3 Å². The van der Waals surface area contributed by atoms with E-state index in [2.05, 4.69) is 39.0 Å². The maximum Gasteiger partial charge on any atom is 0.0368 e. The quantitative estimate of drug-likeness (QED) is 0.895. The second-order valence-corrected chi connectivity index (χ2v) is 6.18. The van der Waals surface area contributed by atoms with Crippen LogP contribution in [0, 0.1) is 0 Å². The molecule has 2 aliphatic rings. The van der Waals surface area contributed by atoms with Crippen molar-refractivity contribution in [2.45, 2.75) is 19.3 Å². The fourth-order valence-corrected chi connectivity index (χ4v) is 3.39. The molecule has 0 bridgehead atoms. The highest BCUT2D eigenvalue weighted by Crippen LogP contribution is 2.24. The summed E-state index contributed by atoms with van der Waals surface area (Å²) in [6.07, 6.45) is 3.80. The lowest BCUT2D eigenvalue weighted by Crippen LogP contribution is -2.46. The van der Waals surface area contributed by atoms with Gasteiger partial charge in [0.05, 0.1) is 0 Å². The van der Waals surface area contributed by atoms with Gasteiger partial charge in [0, 0.05) is 50.6 Å². The molecule has 0 saturated carbocycles. The Morgan fingerprint density at radius 2 is 1.29 bits per heavy atom. The number of hydrogen-bond donors (Lipinski definition) is 1. The molecule has 0 aliphatic carbocycles. The SMILES string of the molecule is NCCCN1CCN(c2ccc(N3CCCC3)cc2)CC1. The molecule has 0 atom stereocenters. The average molecular weight is 288 g/mol. The molecule has 1 aromatic carbocycles. The zero-order valence-corrected chi connectivity index (χ0v) is 13.0. The summed E-state index contributed by atoms with van der Waals surface area (Å²) in [6, 6.07) is 9.18. The van der Waals surface area contributed by atoms with Crippen molar-refractivity contribution in [1.82, 2.24) is 4.90 Å². The summed E-state index contributed by atoms with van der Waals surface area (Å²) in [6.45, 7) is 8.98. The first-order valence-corrected chi connectivity index (χ1v) is 8.39. The van der Waals surface area contributed by atoms with Crippen molar-refractivity contribution in [1.29, 1.82) is 0 Å². The first kappa shape index (κ1) is 14.7. The third kappa shape index (κ3) is 3.69. The monoisotopic (exact) mass is 288 g/mol. The van der Waals surface area contributed by atoms with E-state index in [-0.39, 0.29) is 0 Å². The molecule has 0 spiro atoms. The van der Waals surface area contributed by atoms with Crippen LogP contribution in [-0.4, -0.2) is 57.3 Å². The van der Waals surface area contributed by atoms with Crippen molar-refractivity contribution in [2.24, 2.45) is 5.73 Å². The predicted octanol–water partition coefficient (Wildman–Crippen LogP) is 1.76. The minimum atomic E-state index is 0.804. The Bertz CT molecular complexity index is 417. The minimum absolute atomic E-state index is 0.804. The molecule has 4 nitrogen and oxygen atoms in total. The summed E-state index contributed by atoms with van der Waals surface area (Å²) in [5.74, 6) is 0. The maximum atomic E-state index is 5.59. The van der Waals surface area contributed by atoms with Gasteiger partial charge in [-0.3, -0.25) is 4.90 Å². The predicted molar refractivity (Wildman–Crippen MR) is 90.2 cm³/mol. The van der Waals surface area contributed by atoms with E-state index in [1.807, 2.05) is 0 Å². The highest BCUT2D eigenvalue weighted by molar-refractivity contribution is 5.57. The molecule has 0 unspecified atom stereocenters. The summed E-state index contributed by atoms with van der Waals surface area (Å²) >= 11 is 0. The Hall–Kier alpha value is -1.26. The molecule has 2 N–H and O–H groups in total. The summed E-state index contributed by atoms with van der Waals surface area (Å²) in [4.78, 5) is 7.53. The van der Waals surface area contributed by atoms with E-state index in [0.717, 1.165) is 45.7 Å². The fraction of sp³-hybridized carbons (Fsp3) is 0.647. The van der Waals surface area contributed by atoms with Gasteiger partial charge in [-0.2, -0.15) is 0 Å². The smallest absolute Gasteiger partial charge is 0.0368 e. The summed E-state index contributed by atoms with van der Waals surface area (Å²) in [7, 11) is 0. The van der Waals surface area contributed by atoms with E-state index in [1.165, 1.54) is 37.3 Å². The molecule has 2 fully saturated rings. The lowest BCUT2D eigenvalue weighted by Gasteiger charge is -2.36. The summed E-state index contributed by atoms with van der Waals surface area (Å²) in [5.41, 5.74) is 8.35. The first-order valence-electron chi connectivity index (χ1n) is 8.39. The van der Waals surface area contributed by atoms with Crippen molar-refractivity contribution in [3.05, 3.63) is 24.3 Å². The standard InChI is InChI=1S/C17H28N4/c18-8-3-9-19-12-14-21(15-13-19)17-6-4-16(5-7-17)20-10-1-2-11-20/h4-7H,1-3,8-15,18H2. The Kier molecular flexibility index (Phi) is 4.99. The molecule has 21 heavy (non-hydrogen) atoms. The third-order valence-corrected chi connectivity index (χ3v) is 4.74. The number of nitrogens with zero attached hydrogens (tertiary/aromatic N) is 3. The van der Waals surface area contributed by atoms with Crippen molar-refractivity contribution in [2.75, 3.05) is 62.2 Å². The lowest BCUT2D eigenvalue weighted by atomic mass is 10.2. The first-order chi connectivity index (χ1) is 10.4. The van der Waals surface area contributed by atoms with Crippen LogP contribution < -0.4 is 15.5 Å². The number of rotatable bonds is 5. The summed E-state index contributed by atoms with van der Waals surface area (Å²) in [5, 5.41) is 0.